The number of amidine groups is 1. The molecule has 0 spiro atoms. The second-order valence-electron chi connectivity index (χ2n) is 2.62. The van der Waals surface area contributed by atoms with Crippen LogP contribution in [0.15, 0.2) is 17.6 Å². The van der Waals surface area contributed by atoms with E-state index >= 15 is 0 Å². The van der Waals surface area contributed by atoms with Crippen LogP contribution in [-0.2, 0) is 0 Å². The molecule has 1 heterocycles. The summed E-state index contributed by atoms with van der Waals surface area (Å²) in [5, 5.41) is 9.26. The van der Waals surface area contributed by atoms with Crippen molar-refractivity contribution in [1.82, 2.24) is 4.90 Å². The van der Waals surface area contributed by atoms with Crippen LogP contribution < -0.4 is 29.6 Å². The SMILES string of the molecule is C=CCC1=NCCN1C(C)O.[H-].[Na+]. The third-order valence-corrected chi connectivity index (χ3v) is 1.74. The Bertz CT molecular complexity index is 185. The average Bonchev–Trinajstić information content (AvgIpc) is 2.36. The van der Waals surface area contributed by atoms with Gasteiger partial charge in [0, 0.05) is 13.0 Å². The summed E-state index contributed by atoms with van der Waals surface area (Å²) in [6, 6.07) is 0. The molecule has 0 bridgehead atoms. The van der Waals surface area contributed by atoms with Crippen LogP contribution >= 0.6 is 0 Å². The van der Waals surface area contributed by atoms with Gasteiger partial charge in [-0.1, -0.05) is 6.08 Å². The van der Waals surface area contributed by atoms with Crippen LogP contribution in [0.25, 0.3) is 0 Å². The molecule has 1 aliphatic heterocycles. The number of nitrogens with zero attached hydrogens (tertiary/aromatic N) is 2. The third-order valence-electron chi connectivity index (χ3n) is 1.74. The number of rotatable bonds is 3. The fourth-order valence-electron chi connectivity index (χ4n) is 1.22. The van der Waals surface area contributed by atoms with Crippen molar-refractivity contribution in [2.75, 3.05) is 13.1 Å². The quantitative estimate of drug-likeness (QED) is 0.391. The Morgan fingerprint density at radius 1 is 1.92 bits per heavy atom. The topological polar surface area (TPSA) is 35.8 Å². The molecule has 3 nitrogen and oxygen atoms in total. The molecular weight excluding hydrogens is 163 g/mol. The number of aliphatic hydroxyl groups is 1. The molecule has 0 aliphatic carbocycles. The van der Waals surface area contributed by atoms with E-state index in [1.807, 2.05) is 4.90 Å². The monoisotopic (exact) mass is 178 g/mol. The van der Waals surface area contributed by atoms with Crippen molar-refractivity contribution in [3.63, 3.8) is 0 Å². The minimum Gasteiger partial charge on any atom is -1.00 e. The van der Waals surface area contributed by atoms with Gasteiger partial charge in [-0.25, -0.2) is 0 Å². The second-order valence-corrected chi connectivity index (χ2v) is 2.62. The predicted octanol–water partition coefficient (Wildman–Crippen LogP) is -2.27. The van der Waals surface area contributed by atoms with Gasteiger partial charge in [-0.05, 0) is 6.92 Å². The first-order chi connectivity index (χ1) is 5.25. The summed E-state index contributed by atoms with van der Waals surface area (Å²) in [7, 11) is 0. The number of aliphatic hydroxyl groups excluding tert-OH is 1. The molecule has 64 valence electrons. The normalized spacial score (nSPS) is 18.2. The summed E-state index contributed by atoms with van der Waals surface area (Å²) in [6.07, 6.45) is 2.14. The molecule has 0 radical (unpaired) electrons. The maximum absolute atomic E-state index is 9.26. The van der Waals surface area contributed by atoms with E-state index in [1.165, 1.54) is 0 Å². The first kappa shape index (κ1) is 12.2. The molecule has 1 unspecified atom stereocenters. The molecule has 12 heavy (non-hydrogen) atoms. The molecule has 4 heteroatoms. The zero-order valence-corrected chi connectivity index (χ0v) is 9.82. The minimum absolute atomic E-state index is 0. The van der Waals surface area contributed by atoms with E-state index in [9.17, 15) is 5.11 Å². The van der Waals surface area contributed by atoms with Crippen LogP contribution in [0.1, 0.15) is 14.8 Å². The smallest absolute Gasteiger partial charge is 1.00 e. The largest absolute Gasteiger partial charge is 1.00 e. The van der Waals surface area contributed by atoms with Gasteiger partial charge < -0.3 is 11.4 Å². The second kappa shape index (κ2) is 5.75. The van der Waals surface area contributed by atoms with Gasteiger partial charge in [0.1, 0.15) is 12.1 Å². The Kier molecular flexibility index (Phi) is 5.84. The zero-order valence-electron chi connectivity index (χ0n) is 8.82. The van der Waals surface area contributed by atoms with E-state index in [0.717, 1.165) is 25.3 Å². The number of aliphatic imine (C=N–C) groups is 1. The summed E-state index contributed by atoms with van der Waals surface area (Å²) in [4.78, 5) is 6.13. The van der Waals surface area contributed by atoms with Crippen LogP contribution in [0.3, 0.4) is 0 Å². The first-order valence-corrected chi connectivity index (χ1v) is 3.84. The Morgan fingerprint density at radius 3 is 3.08 bits per heavy atom. The van der Waals surface area contributed by atoms with Crippen molar-refractivity contribution in [1.29, 1.82) is 0 Å². The standard InChI is InChI=1S/C8H14N2O.Na.H/c1-3-4-8-9-5-6-10(8)7(2)11;;/h3,7,11H,1,4-6H2,2H3;;/q;+1;-1. The average molecular weight is 178 g/mol. The van der Waals surface area contributed by atoms with E-state index in [2.05, 4.69) is 11.6 Å². The fourth-order valence-corrected chi connectivity index (χ4v) is 1.22. The molecule has 1 aliphatic rings. The van der Waals surface area contributed by atoms with Gasteiger partial charge in [0.05, 0.1) is 6.54 Å². The van der Waals surface area contributed by atoms with Gasteiger partial charge in [0.25, 0.3) is 0 Å². The summed E-state index contributed by atoms with van der Waals surface area (Å²) in [5.74, 6) is 0.954. The molecule has 1 N–H and O–H groups in total. The molecule has 0 amide bonds. The van der Waals surface area contributed by atoms with Crippen LogP contribution in [0, 0.1) is 0 Å². The van der Waals surface area contributed by atoms with Crippen molar-refractivity contribution in [2.45, 2.75) is 19.6 Å². The molecule has 1 atom stereocenters. The van der Waals surface area contributed by atoms with Gasteiger partial charge in [-0.2, -0.15) is 0 Å². The Hall–Kier alpha value is 0.170. The van der Waals surface area contributed by atoms with Crippen LogP contribution in [0.2, 0.25) is 0 Å². The predicted molar refractivity (Wildman–Crippen MR) is 46.6 cm³/mol. The molecular formula is C8H15N2NaO. The summed E-state index contributed by atoms with van der Waals surface area (Å²) in [5.41, 5.74) is 0. The van der Waals surface area contributed by atoms with Crippen molar-refractivity contribution in [2.24, 2.45) is 4.99 Å². The van der Waals surface area contributed by atoms with Crippen molar-refractivity contribution in [3.8, 4) is 0 Å². The van der Waals surface area contributed by atoms with Crippen molar-refractivity contribution >= 4 is 5.84 Å². The van der Waals surface area contributed by atoms with E-state index in [4.69, 9.17) is 0 Å². The van der Waals surface area contributed by atoms with Gasteiger partial charge in [0.2, 0.25) is 0 Å². The zero-order chi connectivity index (χ0) is 8.27. The summed E-state index contributed by atoms with van der Waals surface area (Å²) < 4.78 is 0. The first-order valence-electron chi connectivity index (χ1n) is 3.84. The molecule has 0 aromatic carbocycles. The maximum atomic E-state index is 9.26. The molecule has 0 saturated carbocycles. The Morgan fingerprint density at radius 2 is 2.58 bits per heavy atom. The molecule has 0 fully saturated rings. The number of hydrogen-bond donors (Lipinski definition) is 1. The van der Waals surface area contributed by atoms with Crippen LogP contribution in [0.5, 0.6) is 0 Å². The van der Waals surface area contributed by atoms with Crippen molar-refractivity contribution in [3.05, 3.63) is 12.7 Å². The van der Waals surface area contributed by atoms with E-state index in [-0.39, 0.29) is 31.0 Å². The minimum atomic E-state index is -0.420. The fraction of sp³-hybridized carbons (Fsp3) is 0.625. The van der Waals surface area contributed by atoms with Crippen LogP contribution in [0.4, 0.5) is 0 Å². The van der Waals surface area contributed by atoms with Gasteiger partial charge in [-0.3, -0.25) is 4.99 Å². The van der Waals surface area contributed by atoms with Crippen LogP contribution in [-0.4, -0.2) is 35.2 Å². The van der Waals surface area contributed by atoms with E-state index in [0.29, 0.717) is 0 Å². The molecule has 1 rings (SSSR count). The number of hydrogen-bond acceptors (Lipinski definition) is 3. The maximum Gasteiger partial charge on any atom is 1.00 e. The van der Waals surface area contributed by atoms with E-state index in [1.54, 1.807) is 13.0 Å². The van der Waals surface area contributed by atoms with Gasteiger partial charge in [0.15, 0.2) is 0 Å². The van der Waals surface area contributed by atoms with Crippen molar-refractivity contribution < 1.29 is 36.1 Å². The summed E-state index contributed by atoms with van der Waals surface area (Å²) >= 11 is 0. The van der Waals surface area contributed by atoms with E-state index < -0.39 is 6.23 Å². The molecule has 0 aromatic heterocycles. The third kappa shape index (κ3) is 2.90. The molecule has 0 aromatic rings. The van der Waals surface area contributed by atoms with Gasteiger partial charge >= 0.3 is 29.6 Å². The summed E-state index contributed by atoms with van der Waals surface area (Å²) in [6.45, 7) is 7.02. The Balaban J connectivity index is 0. The Labute approximate surface area is 96.9 Å². The van der Waals surface area contributed by atoms with Gasteiger partial charge in [-0.15, -0.1) is 6.58 Å². The molecule has 0 saturated heterocycles.